The number of rotatable bonds is 2. The Morgan fingerprint density at radius 3 is 3.06 bits per heavy atom. The summed E-state index contributed by atoms with van der Waals surface area (Å²) in [6, 6.07) is 5.99. The van der Waals surface area contributed by atoms with Crippen LogP contribution in [0.25, 0.3) is 0 Å². The van der Waals surface area contributed by atoms with Gasteiger partial charge in [0.2, 0.25) is 0 Å². The molecule has 16 heavy (non-hydrogen) atoms. The van der Waals surface area contributed by atoms with Gasteiger partial charge in [-0.05, 0) is 25.1 Å². The Hall–Kier alpha value is -0.670. The van der Waals surface area contributed by atoms with Crippen LogP contribution in [0.5, 0.6) is 0 Å². The van der Waals surface area contributed by atoms with Gasteiger partial charge in [0.05, 0.1) is 0 Å². The van der Waals surface area contributed by atoms with Crippen molar-refractivity contribution in [3.05, 3.63) is 28.8 Å². The molecule has 1 unspecified atom stereocenters. The summed E-state index contributed by atoms with van der Waals surface area (Å²) in [7, 11) is 0. The van der Waals surface area contributed by atoms with E-state index in [0.717, 1.165) is 30.0 Å². The third-order valence-corrected chi connectivity index (χ3v) is 4.22. The van der Waals surface area contributed by atoms with Gasteiger partial charge in [-0.1, -0.05) is 11.6 Å². The Labute approximate surface area is 105 Å². The van der Waals surface area contributed by atoms with Crippen LogP contribution in [0.15, 0.2) is 18.2 Å². The third kappa shape index (κ3) is 2.36. The largest absolute Gasteiger partial charge is 0.367 e. The van der Waals surface area contributed by atoms with Gasteiger partial charge in [0.25, 0.3) is 0 Å². The fourth-order valence-corrected chi connectivity index (χ4v) is 3.16. The van der Waals surface area contributed by atoms with Crippen LogP contribution in [0.2, 0.25) is 5.02 Å². The number of aldehydes is 1. The summed E-state index contributed by atoms with van der Waals surface area (Å²) in [5.74, 6) is 2.23. The zero-order chi connectivity index (χ0) is 11.5. The first kappa shape index (κ1) is 11.8. The molecule has 1 fully saturated rings. The quantitative estimate of drug-likeness (QED) is 0.758. The van der Waals surface area contributed by atoms with E-state index in [9.17, 15) is 4.79 Å². The van der Waals surface area contributed by atoms with Crippen LogP contribution in [0.3, 0.4) is 0 Å². The van der Waals surface area contributed by atoms with Crippen molar-refractivity contribution in [1.82, 2.24) is 0 Å². The van der Waals surface area contributed by atoms with E-state index in [1.165, 1.54) is 0 Å². The molecule has 0 aromatic heterocycles. The lowest BCUT2D eigenvalue weighted by Crippen LogP contribution is -2.40. The van der Waals surface area contributed by atoms with Crippen LogP contribution in [0, 0.1) is 0 Å². The minimum atomic E-state index is 0.471. The molecular weight excluding hydrogens is 242 g/mol. The second-order valence-corrected chi connectivity index (χ2v) is 5.52. The number of hydrogen-bond donors (Lipinski definition) is 0. The molecule has 1 aromatic rings. The molecule has 2 rings (SSSR count). The summed E-state index contributed by atoms with van der Waals surface area (Å²) < 4.78 is 0. The minimum Gasteiger partial charge on any atom is -0.367 e. The fourth-order valence-electron chi connectivity index (χ4n) is 1.97. The van der Waals surface area contributed by atoms with Gasteiger partial charge < -0.3 is 4.90 Å². The molecule has 1 aliphatic rings. The first-order valence-electron chi connectivity index (χ1n) is 5.31. The van der Waals surface area contributed by atoms with Crippen molar-refractivity contribution in [2.75, 3.05) is 23.0 Å². The maximum absolute atomic E-state index is 11.0. The molecule has 0 N–H and O–H groups in total. The summed E-state index contributed by atoms with van der Waals surface area (Å²) in [6.45, 7) is 3.18. The summed E-state index contributed by atoms with van der Waals surface area (Å²) >= 11 is 7.85. The Morgan fingerprint density at radius 2 is 2.38 bits per heavy atom. The monoisotopic (exact) mass is 255 g/mol. The van der Waals surface area contributed by atoms with Crippen LogP contribution >= 0.6 is 23.4 Å². The molecule has 0 bridgehead atoms. The summed E-state index contributed by atoms with van der Waals surface area (Å²) in [4.78, 5) is 13.3. The lowest BCUT2D eigenvalue weighted by Gasteiger charge is -2.35. The minimum absolute atomic E-state index is 0.471. The van der Waals surface area contributed by atoms with E-state index < -0.39 is 0 Å². The SMILES string of the molecule is CC1CSCCN1c1ccc(Cl)cc1C=O. The predicted molar refractivity (Wildman–Crippen MR) is 71.0 cm³/mol. The lowest BCUT2D eigenvalue weighted by atomic mass is 10.1. The van der Waals surface area contributed by atoms with Crippen LogP contribution in [0.1, 0.15) is 17.3 Å². The number of anilines is 1. The second kappa shape index (κ2) is 5.11. The lowest BCUT2D eigenvalue weighted by molar-refractivity contribution is 0.112. The van der Waals surface area contributed by atoms with E-state index in [-0.39, 0.29) is 0 Å². The van der Waals surface area contributed by atoms with Crippen molar-refractivity contribution in [1.29, 1.82) is 0 Å². The van der Waals surface area contributed by atoms with E-state index in [1.807, 2.05) is 23.9 Å². The highest BCUT2D eigenvalue weighted by atomic mass is 35.5. The van der Waals surface area contributed by atoms with Crippen LogP contribution in [-0.2, 0) is 0 Å². The van der Waals surface area contributed by atoms with E-state index in [1.54, 1.807) is 6.07 Å². The van der Waals surface area contributed by atoms with Gasteiger partial charge in [-0.25, -0.2) is 0 Å². The van der Waals surface area contributed by atoms with Gasteiger partial charge >= 0.3 is 0 Å². The molecular formula is C12H14ClNOS. The Kier molecular flexibility index (Phi) is 3.77. The first-order chi connectivity index (χ1) is 7.72. The molecule has 86 valence electrons. The molecule has 0 spiro atoms. The molecule has 4 heteroatoms. The van der Waals surface area contributed by atoms with Crippen LogP contribution < -0.4 is 4.90 Å². The number of halogens is 1. The highest BCUT2D eigenvalue weighted by Crippen LogP contribution is 2.28. The average molecular weight is 256 g/mol. The fraction of sp³-hybridized carbons (Fsp3) is 0.417. The second-order valence-electron chi connectivity index (χ2n) is 3.94. The van der Waals surface area contributed by atoms with Crippen LogP contribution in [-0.4, -0.2) is 30.4 Å². The number of thioether (sulfide) groups is 1. The smallest absolute Gasteiger partial charge is 0.152 e. The number of nitrogens with zero attached hydrogens (tertiary/aromatic N) is 1. The van der Waals surface area contributed by atoms with Crippen molar-refractivity contribution < 1.29 is 4.79 Å². The molecule has 1 saturated heterocycles. The number of hydrogen-bond acceptors (Lipinski definition) is 3. The van der Waals surface area contributed by atoms with Crippen molar-refractivity contribution in [2.24, 2.45) is 0 Å². The molecule has 1 heterocycles. The number of carbonyl (C=O) groups excluding carboxylic acids is 1. The van der Waals surface area contributed by atoms with Crippen molar-refractivity contribution in [3.8, 4) is 0 Å². The zero-order valence-corrected chi connectivity index (χ0v) is 10.7. The van der Waals surface area contributed by atoms with E-state index >= 15 is 0 Å². The van der Waals surface area contributed by atoms with Crippen LogP contribution in [0.4, 0.5) is 5.69 Å². The maximum atomic E-state index is 11.0. The highest BCUT2D eigenvalue weighted by Gasteiger charge is 2.20. The highest BCUT2D eigenvalue weighted by molar-refractivity contribution is 7.99. The predicted octanol–water partition coefficient (Wildman–Crippen LogP) is 3.09. The molecule has 1 aliphatic heterocycles. The van der Waals surface area contributed by atoms with E-state index in [2.05, 4.69) is 11.8 Å². The molecule has 1 aromatic carbocycles. The van der Waals surface area contributed by atoms with Crippen molar-refractivity contribution in [2.45, 2.75) is 13.0 Å². The normalized spacial score (nSPS) is 20.9. The summed E-state index contributed by atoms with van der Waals surface area (Å²) in [5.41, 5.74) is 1.69. The first-order valence-corrected chi connectivity index (χ1v) is 6.85. The van der Waals surface area contributed by atoms with Gasteiger partial charge in [-0.15, -0.1) is 0 Å². The standard InChI is InChI=1S/C12H14ClNOS/c1-9-8-16-5-4-14(9)12-3-2-11(13)6-10(12)7-15/h2-3,6-7,9H,4-5,8H2,1H3. The van der Waals surface area contributed by atoms with Crippen molar-refractivity contribution in [3.63, 3.8) is 0 Å². The van der Waals surface area contributed by atoms with Gasteiger partial charge in [0.15, 0.2) is 6.29 Å². The molecule has 0 saturated carbocycles. The average Bonchev–Trinajstić information content (AvgIpc) is 2.30. The summed E-state index contributed by atoms with van der Waals surface area (Å²) in [5, 5.41) is 0.616. The van der Waals surface area contributed by atoms with Gasteiger partial charge in [-0.3, -0.25) is 4.79 Å². The van der Waals surface area contributed by atoms with Gasteiger partial charge in [0, 0.05) is 40.4 Å². The van der Waals surface area contributed by atoms with E-state index in [0.29, 0.717) is 16.6 Å². The summed E-state index contributed by atoms with van der Waals surface area (Å²) in [6.07, 6.45) is 0.885. The molecule has 1 atom stereocenters. The molecule has 0 amide bonds. The Bertz CT molecular complexity index is 397. The number of benzene rings is 1. The van der Waals surface area contributed by atoms with Gasteiger partial charge in [-0.2, -0.15) is 11.8 Å². The third-order valence-electron chi connectivity index (χ3n) is 2.79. The molecule has 0 aliphatic carbocycles. The van der Waals surface area contributed by atoms with E-state index in [4.69, 9.17) is 11.6 Å². The van der Waals surface area contributed by atoms with Gasteiger partial charge in [0.1, 0.15) is 0 Å². The zero-order valence-electron chi connectivity index (χ0n) is 9.15. The number of carbonyl (C=O) groups is 1. The Morgan fingerprint density at radius 1 is 1.56 bits per heavy atom. The molecule has 0 radical (unpaired) electrons. The topological polar surface area (TPSA) is 20.3 Å². The maximum Gasteiger partial charge on any atom is 0.152 e. The van der Waals surface area contributed by atoms with Crippen molar-refractivity contribution >= 4 is 35.3 Å². The molecule has 2 nitrogen and oxygen atoms in total. The Balaban J connectivity index is 2.34.